The summed E-state index contributed by atoms with van der Waals surface area (Å²) in [5.41, 5.74) is 9.55. The third-order valence-electron chi connectivity index (χ3n) is 4.83. The lowest BCUT2D eigenvalue weighted by Gasteiger charge is -2.13. The Hall–Kier alpha value is -2.40. The van der Waals surface area contributed by atoms with Gasteiger partial charge in [0.15, 0.2) is 0 Å². The van der Waals surface area contributed by atoms with E-state index in [9.17, 15) is 0 Å². The van der Waals surface area contributed by atoms with Crippen molar-refractivity contribution in [1.29, 1.82) is 0 Å². The maximum atomic E-state index is 6.30. The molecule has 0 aliphatic heterocycles. The van der Waals surface area contributed by atoms with E-state index in [2.05, 4.69) is 34.5 Å². The van der Waals surface area contributed by atoms with Gasteiger partial charge in [-0.05, 0) is 53.6 Å². The molecular weight excluding hydrogens is 391 g/mol. The van der Waals surface area contributed by atoms with E-state index in [0.29, 0.717) is 16.5 Å². The molecule has 0 aliphatic rings. The van der Waals surface area contributed by atoms with E-state index in [1.807, 2.05) is 41.5 Å². The molecule has 0 saturated heterocycles. The Morgan fingerprint density at radius 3 is 2.71 bits per heavy atom. The highest BCUT2D eigenvalue weighted by Gasteiger charge is 2.09. The molecule has 0 spiro atoms. The van der Waals surface area contributed by atoms with Crippen LogP contribution in [-0.4, -0.2) is 20.8 Å². The van der Waals surface area contributed by atoms with Gasteiger partial charge in [0, 0.05) is 52.2 Å². The molecule has 2 N–H and O–H groups in total. The summed E-state index contributed by atoms with van der Waals surface area (Å²) in [6.07, 6.45) is 9.15. The minimum Gasteiger partial charge on any atom is -0.327 e. The van der Waals surface area contributed by atoms with Crippen molar-refractivity contribution < 1.29 is 0 Å². The summed E-state index contributed by atoms with van der Waals surface area (Å²) in [6.45, 7) is 0.754. The van der Waals surface area contributed by atoms with Gasteiger partial charge in [0.1, 0.15) is 0 Å². The summed E-state index contributed by atoms with van der Waals surface area (Å²) < 4.78 is 1.94. The van der Waals surface area contributed by atoms with Crippen LogP contribution in [0.5, 0.6) is 0 Å². The van der Waals surface area contributed by atoms with Crippen LogP contribution in [0.3, 0.4) is 0 Å². The van der Waals surface area contributed by atoms with E-state index < -0.39 is 0 Å². The predicted molar refractivity (Wildman–Crippen MR) is 116 cm³/mol. The van der Waals surface area contributed by atoms with Gasteiger partial charge in [0.05, 0.1) is 6.20 Å². The molecule has 142 valence electrons. The minimum absolute atomic E-state index is 0.000468. The number of hydrogen-bond donors (Lipinski definition) is 1. The van der Waals surface area contributed by atoms with Crippen LogP contribution in [0.4, 0.5) is 0 Å². The van der Waals surface area contributed by atoms with E-state index in [0.717, 1.165) is 35.0 Å². The first-order valence-electron chi connectivity index (χ1n) is 9.14. The number of pyridine rings is 1. The zero-order valence-electron chi connectivity index (χ0n) is 15.2. The van der Waals surface area contributed by atoms with Crippen LogP contribution in [0, 0.1) is 0 Å². The first kappa shape index (κ1) is 18.9. The fourth-order valence-corrected chi connectivity index (χ4v) is 3.75. The Balaban J connectivity index is 1.40. The second-order valence-corrected chi connectivity index (χ2v) is 7.76. The smallest absolute Gasteiger partial charge is 0.0568 e. The quantitative estimate of drug-likeness (QED) is 0.464. The molecule has 4 aromatic rings. The molecule has 0 radical (unpaired) electrons. The Bertz CT molecular complexity index is 1110. The Labute approximate surface area is 173 Å². The highest BCUT2D eigenvalue weighted by atomic mass is 35.5. The fourth-order valence-electron chi connectivity index (χ4n) is 3.27. The van der Waals surface area contributed by atoms with Crippen molar-refractivity contribution in [1.82, 2.24) is 14.8 Å². The molecule has 2 heterocycles. The number of nitrogens with two attached hydrogens (primary N) is 1. The highest BCUT2D eigenvalue weighted by Crippen LogP contribution is 2.24. The summed E-state index contributed by atoms with van der Waals surface area (Å²) in [6, 6.07) is 13.9. The maximum Gasteiger partial charge on any atom is 0.0568 e. The van der Waals surface area contributed by atoms with Crippen molar-refractivity contribution in [2.24, 2.45) is 5.73 Å². The average molecular weight is 411 g/mol. The van der Waals surface area contributed by atoms with Crippen LogP contribution < -0.4 is 5.73 Å². The summed E-state index contributed by atoms with van der Waals surface area (Å²) in [5.74, 6) is 0. The molecule has 0 fully saturated rings. The van der Waals surface area contributed by atoms with E-state index in [1.165, 1.54) is 5.39 Å². The molecule has 0 saturated carbocycles. The standard InChI is InChI=1S/C22H20Cl2N4/c23-20-4-3-17(22(24)11-20)10-21(25)6-8-28-14-19(13-27-28)15-1-2-18-12-26-7-5-16(18)9-15/h1-5,7,9,11-14,21H,6,8,10,25H2. The van der Waals surface area contributed by atoms with Crippen molar-refractivity contribution in [2.45, 2.75) is 25.4 Å². The second kappa shape index (κ2) is 8.31. The van der Waals surface area contributed by atoms with Crippen LogP contribution >= 0.6 is 23.2 Å². The normalized spacial score (nSPS) is 12.4. The molecule has 28 heavy (non-hydrogen) atoms. The van der Waals surface area contributed by atoms with Gasteiger partial charge >= 0.3 is 0 Å². The zero-order chi connectivity index (χ0) is 19.5. The molecule has 0 amide bonds. The van der Waals surface area contributed by atoms with Crippen molar-refractivity contribution in [3.8, 4) is 11.1 Å². The van der Waals surface area contributed by atoms with E-state index >= 15 is 0 Å². The number of benzene rings is 2. The van der Waals surface area contributed by atoms with Crippen molar-refractivity contribution in [3.63, 3.8) is 0 Å². The number of aryl methyl sites for hydroxylation is 1. The van der Waals surface area contributed by atoms with Crippen LogP contribution in [0.25, 0.3) is 21.9 Å². The van der Waals surface area contributed by atoms with Gasteiger partial charge in [-0.15, -0.1) is 0 Å². The SMILES string of the molecule is NC(CCn1cc(-c2ccc3cnccc3c2)cn1)Cc1ccc(Cl)cc1Cl. The molecule has 4 rings (SSSR count). The lowest BCUT2D eigenvalue weighted by molar-refractivity contribution is 0.507. The molecule has 2 aromatic heterocycles. The average Bonchev–Trinajstić information content (AvgIpc) is 3.17. The van der Waals surface area contributed by atoms with Crippen molar-refractivity contribution in [2.75, 3.05) is 0 Å². The van der Waals surface area contributed by atoms with Crippen molar-refractivity contribution >= 4 is 34.0 Å². The summed E-state index contributed by atoms with van der Waals surface area (Å²) in [5, 5.41) is 8.08. The maximum absolute atomic E-state index is 6.30. The number of hydrogen-bond acceptors (Lipinski definition) is 3. The third-order valence-corrected chi connectivity index (χ3v) is 5.42. The number of fused-ring (bicyclic) bond motifs is 1. The number of aromatic nitrogens is 3. The topological polar surface area (TPSA) is 56.7 Å². The molecule has 0 aliphatic carbocycles. The molecular formula is C22H20Cl2N4. The summed E-state index contributed by atoms with van der Waals surface area (Å²) in [4.78, 5) is 4.16. The Kier molecular flexibility index (Phi) is 5.62. The van der Waals surface area contributed by atoms with Crippen LogP contribution in [0.1, 0.15) is 12.0 Å². The molecule has 0 bridgehead atoms. The largest absolute Gasteiger partial charge is 0.327 e. The van der Waals surface area contributed by atoms with Gasteiger partial charge in [-0.1, -0.05) is 41.4 Å². The van der Waals surface area contributed by atoms with Gasteiger partial charge in [0.25, 0.3) is 0 Å². The minimum atomic E-state index is -0.000468. The van der Waals surface area contributed by atoms with Gasteiger partial charge in [-0.25, -0.2) is 0 Å². The van der Waals surface area contributed by atoms with E-state index in [4.69, 9.17) is 28.9 Å². The lowest BCUT2D eigenvalue weighted by atomic mass is 10.0. The lowest BCUT2D eigenvalue weighted by Crippen LogP contribution is -2.25. The van der Waals surface area contributed by atoms with E-state index in [1.54, 1.807) is 6.07 Å². The zero-order valence-corrected chi connectivity index (χ0v) is 16.7. The number of nitrogens with zero attached hydrogens (tertiary/aromatic N) is 3. The monoisotopic (exact) mass is 410 g/mol. The van der Waals surface area contributed by atoms with Crippen LogP contribution in [0.2, 0.25) is 10.0 Å². The third kappa shape index (κ3) is 4.36. The molecule has 1 atom stereocenters. The summed E-state index contributed by atoms with van der Waals surface area (Å²) in [7, 11) is 0. The van der Waals surface area contributed by atoms with Crippen LogP contribution in [-0.2, 0) is 13.0 Å². The first-order valence-corrected chi connectivity index (χ1v) is 9.90. The Morgan fingerprint density at radius 2 is 1.86 bits per heavy atom. The number of rotatable bonds is 6. The molecule has 6 heteroatoms. The van der Waals surface area contributed by atoms with Crippen LogP contribution in [0.15, 0.2) is 67.3 Å². The molecule has 2 aromatic carbocycles. The predicted octanol–water partition coefficient (Wildman–Crippen LogP) is 5.37. The highest BCUT2D eigenvalue weighted by molar-refractivity contribution is 6.35. The van der Waals surface area contributed by atoms with E-state index in [-0.39, 0.29) is 6.04 Å². The Morgan fingerprint density at radius 1 is 0.964 bits per heavy atom. The van der Waals surface area contributed by atoms with Gasteiger partial charge in [-0.2, -0.15) is 5.10 Å². The van der Waals surface area contributed by atoms with Crippen molar-refractivity contribution in [3.05, 3.63) is 82.9 Å². The fraction of sp³-hybridized carbons (Fsp3) is 0.182. The van der Waals surface area contributed by atoms with Gasteiger partial charge in [-0.3, -0.25) is 9.67 Å². The first-order chi connectivity index (χ1) is 13.6. The van der Waals surface area contributed by atoms with Gasteiger partial charge in [0.2, 0.25) is 0 Å². The number of halogens is 2. The summed E-state index contributed by atoms with van der Waals surface area (Å²) >= 11 is 12.2. The second-order valence-electron chi connectivity index (χ2n) is 6.92. The van der Waals surface area contributed by atoms with Gasteiger partial charge < -0.3 is 5.73 Å². The molecule has 1 unspecified atom stereocenters. The molecule has 4 nitrogen and oxygen atoms in total.